The van der Waals surface area contributed by atoms with Crippen molar-refractivity contribution in [2.24, 2.45) is 0 Å². The van der Waals surface area contributed by atoms with Crippen molar-refractivity contribution >= 4 is 12.6 Å². The number of ether oxygens (including phenoxy) is 2. The Morgan fingerprint density at radius 1 is 1.29 bits per heavy atom. The van der Waals surface area contributed by atoms with Crippen molar-refractivity contribution in [3.05, 3.63) is 29.6 Å². The summed E-state index contributed by atoms with van der Waals surface area (Å²) in [6.45, 7) is 1.27. The summed E-state index contributed by atoms with van der Waals surface area (Å²) in [5.41, 5.74) is 0.525. The molecule has 0 saturated carbocycles. The summed E-state index contributed by atoms with van der Waals surface area (Å²) < 4.78 is 23.6. The molecule has 6 heteroatoms. The molecule has 0 heterocycles. The lowest BCUT2D eigenvalue weighted by atomic mass is 9.80. The smallest absolute Gasteiger partial charge is 0.423 e. The average Bonchev–Trinajstić information content (AvgIpc) is 2.30. The molecule has 1 aromatic rings. The van der Waals surface area contributed by atoms with E-state index in [1.807, 2.05) is 0 Å². The van der Waals surface area contributed by atoms with Gasteiger partial charge < -0.3 is 19.5 Å². The summed E-state index contributed by atoms with van der Waals surface area (Å²) in [5, 5.41) is 17.7. The molecule has 0 radical (unpaired) electrons. The Morgan fingerprint density at radius 3 is 2.65 bits per heavy atom. The summed E-state index contributed by atoms with van der Waals surface area (Å²) in [6.07, 6.45) is 0.756. The Kier molecular flexibility index (Phi) is 6.14. The van der Waals surface area contributed by atoms with Gasteiger partial charge in [0.25, 0.3) is 0 Å². The summed E-state index contributed by atoms with van der Waals surface area (Å²) in [5.74, 6) is -0.498. The third kappa shape index (κ3) is 4.83. The normalized spacial score (nSPS) is 10.6. The molecule has 0 aliphatic carbocycles. The Morgan fingerprint density at radius 2 is 2.06 bits per heavy atom. The van der Waals surface area contributed by atoms with Crippen molar-refractivity contribution in [1.82, 2.24) is 0 Å². The van der Waals surface area contributed by atoms with Crippen LogP contribution in [0, 0.1) is 5.82 Å². The highest BCUT2D eigenvalue weighted by atomic mass is 19.1. The minimum absolute atomic E-state index is 0.130. The zero-order valence-electron chi connectivity index (χ0n) is 9.73. The predicted molar refractivity (Wildman–Crippen MR) is 62.4 cm³/mol. The molecule has 0 fully saturated rings. The van der Waals surface area contributed by atoms with E-state index in [4.69, 9.17) is 19.5 Å². The Bertz CT molecular complexity index is 346. The third-order valence-electron chi connectivity index (χ3n) is 2.27. The van der Waals surface area contributed by atoms with Gasteiger partial charge >= 0.3 is 7.12 Å². The molecule has 0 bridgehead atoms. The van der Waals surface area contributed by atoms with E-state index in [2.05, 4.69) is 0 Å². The van der Waals surface area contributed by atoms with E-state index in [1.54, 1.807) is 7.11 Å². The first-order valence-electron chi connectivity index (χ1n) is 5.36. The number of hydrogen-bond donors (Lipinski definition) is 2. The van der Waals surface area contributed by atoms with Crippen molar-refractivity contribution in [3.8, 4) is 0 Å². The fourth-order valence-electron chi connectivity index (χ4n) is 1.33. The van der Waals surface area contributed by atoms with Gasteiger partial charge in [-0.15, -0.1) is 0 Å². The quantitative estimate of drug-likeness (QED) is 0.524. The zero-order chi connectivity index (χ0) is 12.7. The van der Waals surface area contributed by atoms with Crippen LogP contribution in [0.3, 0.4) is 0 Å². The SMILES string of the molecule is COCCCOCc1ccc(B(O)O)cc1F. The maximum absolute atomic E-state index is 13.5. The molecule has 1 aromatic carbocycles. The lowest BCUT2D eigenvalue weighted by Gasteiger charge is -2.07. The number of benzene rings is 1. The van der Waals surface area contributed by atoms with Gasteiger partial charge in [-0.3, -0.25) is 0 Å². The molecular formula is C11H16BFO4. The van der Waals surface area contributed by atoms with Crippen LogP contribution in [-0.2, 0) is 16.1 Å². The molecular weight excluding hydrogens is 226 g/mol. The van der Waals surface area contributed by atoms with Crippen molar-refractivity contribution in [2.45, 2.75) is 13.0 Å². The van der Waals surface area contributed by atoms with E-state index in [1.165, 1.54) is 12.1 Å². The lowest BCUT2D eigenvalue weighted by Crippen LogP contribution is -2.30. The van der Waals surface area contributed by atoms with Crippen LogP contribution >= 0.6 is 0 Å². The van der Waals surface area contributed by atoms with Crippen molar-refractivity contribution < 1.29 is 23.9 Å². The summed E-state index contributed by atoms with van der Waals surface area (Å²) in [7, 11) is -0.0420. The molecule has 0 unspecified atom stereocenters. The standard InChI is InChI=1S/C11H16BFO4/c1-16-5-2-6-17-8-9-3-4-10(12(14)15)7-11(9)13/h3-4,7,14-15H,2,5-6,8H2,1H3. The summed E-state index contributed by atoms with van der Waals surface area (Å²) in [4.78, 5) is 0. The van der Waals surface area contributed by atoms with E-state index in [0.29, 0.717) is 18.8 Å². The first-order valence-corrected chi connectivity index (χ1v) is 5.36. The molecule has 0 aliphatic heterocycles. The second-order valence-electron chi connectivity index (χ2n) is 3.62. The molecule has 94 valence electrons. The molecule has 4 nitrogen and oxygen atoms in total. The Hall–Kier alpha value is -0.945. The van der Waals surface area contributed by atoms with Crippen LogP contribution in [-0.4, -0.2) is 37.5 Å². The molecule has 0 spiro atoms. The lowest BCUT2D eigenvalue weighted by molar-refractivity contribution is 0.0913. The van der Waals surface area contributed by atoms with E-state index in [0.717, 1.165) is 12.5 Å². The molecule has 17 heavy (non-hydrogen) atoms. The van der Waals surface area contributed by atoms with Gasteiger partial charge in [0.1, 0.15) is 5.82 Å². The van der Waals surface area contributed by atoms with Gasteiger partial charge in [0, 0.05) is 25.9 Å². The maximum Gasteiger partial charge on any atom is 0.488 e. The molecule has 1 rings (SSSR count). The topological polar surface area (TPSA) is 58.9 Å². The molecule has 0 amide bonds. The highest BCUT2D eigenvalue weighted by Crippen LogP contribution is 2.07. The van der Waals surface area contributed by atoms with E-state index < -0.39 is 12.9 Å². The van der Waals surface area contributed by atoms with Crippen LogP contribution in [0.15, 0.2) is 18.2 Å². The van der Waals surface area contributed by atoms with Crippen LogP contribution in [0.1, 0.15) is 12.0 Å². The van der Waals surface area contributed by atoms with Gasteiger partial charge in [0.15, 0.2) is 0 Å². The Balaban J connectivity index is 2.43. The highest BCUT2D eigenvalue weighted by molar-refractivity contribution is 6.58. The minimum atomic E-state index is -1.65. The second-order valence-corrected chi connectivity index (χ2v) is 3.62. The molecule has 0 aliphatic rings. The van der Waals surface area contributed by atoms with Gasteiger partial charge in [0.2, 0.25) is 0 Å². The van der Waals surface area contributed by atoms with Gasteiger partial charge in [-0.2, -0.15) is 0 Å². The summed E-state index contributed by atoms with van der Waals surface area (Å²) >= 11 is 0. The van der Waals surface area contributed by atoms with Gasteiger partial charge in [-0.25, -0.2) is 4.39 Å². The summed E-state index contributed by atoms with van der Waals surface area (Å²) in [6, 6.07) is 4.04. The number of rotatable bonds is 7. The monoisotopic (exact) mass is 242 g/mol. The van der Waals surface area contributed by atoms with Crippen molar-refractivity contribution in [1.29, 1.82) is 0 Å². The van der Waals surface area contributed by atoms with Gasteiger partial charge in [-0.05, 0) is 17.9 Å². The van der Waals surface area contributed by atoms with Crippen LogP contribution in [0.2, 0.25) is 0 Å². The van der Waals surface area contributed by atoms with E-state index >= 15 is 0 Å². The van der Waals surface area contributed by atoms with E-state index in [-0.39, 0.29) is 12.1 Å². The van der Waals surface area contributed by atoms with Gasteiger partial charge in [-0.1, -0.05) is 12.1 Å². The van der Waals surface area contributed by atoms with Crippen LogP contribution in [0.4, 0.5) is 4.39 Å². The molecule has 2 N–H and O–H groups in total. The third-order valence-corrected chi connectivity index (χ3v) is 2.27. The van der Waals surface area contributed by atoms with Crippen LogP contribution in [0.25, 0.3) is 0 Å². The van der Waals surface area contributed by atoms with Crippen molar-refractivity contribution in [2.75, 3.05) is 20.3 Å². The zero-order valence-corrected chi connectivity index (χ0v) is 9.73. The molecule has 0 atom stereocenters. The van der Waals surface area contributed by atoms with Gasteiger partial charge in [0.05, 0.1) is 6.61 Å². The average molecular weight is 242 g/mol. The fourth-order valence-corrected chi connectivity index (χ4v) is 1.33. The van der Waals surface area contributed by atoms with Crippen LogP contribution in [0.5, 0.6) is 0 Å². The number of methoxy groups -OCH3 is 1. The first-order chi connectivity index (χ1) is 8.15. The largest absolute Gasteiger partial charge is 0.488 e. The molecule has 0 aromatic heterocycles. The Labute approximate surface area is 100 Å². The molecule has 0 saturated heterocycles. The van der Waals surface area contributed by atoms with Crippen LogP contribution < -0.4 is 5.46 Å². The van der Waals surface area contributed by atoms with Crippen molar-refractivity contribution in [3.63, 3.8) is 0 Å². The first kappa shape index (κ1) is 14.1. The van der Waals surface area contributed by atoms with E-state index in [9.17, 15) is 4.39 Å². The minimum Gasteiger partial charge on any atom is -0.423 e. The number of halogens is 1. The fraction of sp³-hybridized carbons (Fsp3) is 0.455. The maximum atomic E-state index is 13.5. The number of hydrogen-bond acceptors (Lipinski definition) is 4. The predicted octanol–water partition coefficient (Wildman–Crippen LogP) is 0.0586. The second kappa shape index (κ2) is 7.39. The highest BCUT2D eigenvalue weighted by Gasteiger charge is 2.13.